The molecule has 4 aromatic rings. The smallest absolute Gasteiger partial charge is 0.333 e. The minimum atomic E-state index is -1.70. The third-order valence-electron chi connectivity index (χ3n) is 11.6. The number of anilines is 2. The fourth-order valence-electron chi connectivity index (χ4n) is 7.70. The average Bonchev–Trinajstić information content (AvgIpc) is 3.90. The summed E-state index contributed by atoms with van der Waals surface area (Å²) in [6.07, 6.45) is -0.245. The van der Waals surface area contributed by atoms with Crippen LogP contribution in [-0.2, 0) is 33.3 Å². The van der Waals surface area contributed by atoms with E-state index in [1.165, 1.54) is 0 Å². The Morgan fingerprint density at radius 2 is 1.45 bits per heavy atom. The Bertz CT molecular complexity index is 2410. The van der Waals surface area contributed by atoms with E-state index in [1.54, 1.807) is 99.6 Å². The Morgan fingerprint density at radius 3 is 2.07 bits per heavy atom. The Balaban J connectivity index is 0.799. The zero-order valence-corrected chi connectivity index (χ0v) is 39.3. The lowest BCUT2D eigenvalue weighted by molar-refractivity contribution is -0.150. The summed E-state index contributed by atoms with van der Waals surface area (Å²) in [5, 5.41) is 33.4. The quantitative estimate of drug-likeness (QED) is 0.0390. The van der Waals surface area contributed by atoms with Gasteiger partial charge in [-0.15, -0.1) is 0 Å². The van der Waals surface area contributed by atoms with Gasteiger partial charge in [0.25, 0.3) is 11.8 Å². The molecule has 21 heteroatoms. The van der Waals surface area contributed by atoms with Crippen LogP contribution in [0, 0.1) is 5.41 Å². The number of ketones is 1. The number of nitrogens with one attached hydrogen (secondary N) is 7. The first-order valence-electron chi connectivity index (χ1n) is 22.7. The third-order valence-corrected chi connectivity index (χ3v) is 11.6. The summed E-state index contributed by atoms with van der Waals surface area (Å²) >= 11 is 0. The minimum absolute atomic E-state index is 0.118. The standard InChI is InChI=1S/C48H61N9O12/c1-47(2,3)48(45(62)63,53-44(61)32-8-12-33(49-4)13-9-32)17-16-37(58)50-18-22-65-26-28-68-29-27-66-23-19-51-38(59)30-69-34-14-10-31(11-15-34)41-40-42(55-54-41)35-6-5-7-36(39(35)43(40)60)52-46(64)56-57-20-24-67-25-21-57/h5-15,49H,16-30H2,1-4H3,(H,50,58)(H,51,59)(H,53,61)(H,54,55)(H,62,63)(H2,52,56,64)/t48-/m1/s1. The van der Waals surface area contributed by atoms with E-state index >= 15 is 0 Å². The first-order valence-corrected chi connectivity index (χ1v) is 22.7. The summed E-state index contributed by atoms with van der Waals surface area (Å²) in [6.45, 7) is 9.18. The third kappa shape index (κ3) is 13.6. The lowest BCUT2D eigenvalue weighted by atomic mass is 9.70. The molecule has 1 saturated heterocycles. The van der Waals surface area contributed by atoms with E-state index in [-0.39, 0.29) is 70.0 Å². The molecular formula is C48H61N9O12. The van der Waals surface area contributed by atoms with Crippen molar-refractivity contribution in [1.29, 1.82) is 0 Å². The molecule has 1 aliphatic carbocycles. The van der Waals surface area contributed by atoms with Gasteiger partial charge >= 0.3 is 12.0 Å². The van der Waals surface area contributed by atoms with Gasteiger partial charge in [-0.3, -0.25) is 29.7 Å². The van der Waals surface area contributed by atoms with E-state index in [4.69, 9.17) is 23.7 Å². The molecule has 2 heterocycles. The second-order valence-electron chi connectivity index (χ2n) is 17.1. The van der Waals surface area contributed by atoms with Gasteiger partial charge in [0.2, 0.25) is 5.91 Å². The number of carboxylic acid groups (broad SMARTS) is 1. The monoisotopic (exact) mass is 955 g/mol. The second kappa shape index (κ2) is 24.4. The van der Waals surface area contributed by atoms with Gasteiger partial charge in [0.1, 0.15) is 17.0 Å². The maximum Gasteiger partial charge on any atom is 0.333 e. The van der Waals surface area contributed by atoms with Crippen LogP contribution in [0.5, 0.6) is 5.75 Å². The Kier molecular flexibility index (Phi) is 18.2. The molecule has 0 unspecified atom stereocenters. The van der Waals surface area contributed by atoms with Crippen LogP contribution in [-0.4, -0.2) is 154 Å². The lowest BCUT2D eigenvalue weighted by Gasteiger charge is -2.41. The van der Waals surface area contributed by atoms with Gasteiger partial charge < -0.3 is 55.4 Å². The summed E-state index contributed by atoms with van der Waals surface area (Å²) in [4.78, 5) is 77.3. The normalized spacial score (nSPS) is 14.2. The van der Waals surface area contributed by atoms with Crippen molar-refractivity contribution in [2.45, 2.75) is 39.2 Å². The fourth-order valence-corrected chi connectivity index (χ4v) is 7.70. The molecule has 0 radical (unpaired) electrons. The number of nitrogens with zero attached hydrogens (tertiary/aromatic N) is 2. The van der Waals surface area contributed by atoms with Gasteiger partial charge in [-0.25, -0.2) is 14.6 Å². The van der Waals surface area contributed by atoms with Gasteiger partial charge in [-0.05, 0) is 66.4 Å². The number of H-pyrrole nitrogens is 1. The van der Waals surface area contributed by atoms with Crippen LogP contribution in [0.3, 0.4) is 0 Å². The number of benzene rings is 3. The number of aromatic amines is 1. The number of carboxylic acids is 1. The average molecular weight is 956 g/mol. The predicted molar refractivity (Wildman–Crippen MR) is 254 cm³/mol. The number of aliphatic carboxylic acids is 1. The van der Waals surface area contributed by atoms with Crippen LogP contribution in [0.2, 0.25) is 0 Å². The van der Waals surface area contributed by atoms with Crippen molar-refractivity contribution in [3.8, 4) is 28.3 Å². The molecule has 69 heavy (non-hydrogen) atoms. The minimum Gasteiger partial charge on any atom is -0.484 e. The fraction of sp³-hybridized carbons (Fsp3) is 0.438. The molecule has 2 aliphatic rings. The molecule has 21 nitrogen and oxygen atoms in total. The largest absolute Gasteiger partial charge is 0.484 e. The molecule has 0 saturated carbocycles. The SMILES string of the molecule is CNc1ccc(C(=O)N[C@](CCC(=O)NCCOCCOCCOCCNC(=O)COc2ccc(-c3n[nH]c4c3C(=O)c3c(NC(=O)NN5CCOCC5)cccc3-4)cc2)(C(=O)O)C(C)(C)C)cc1. The van der Waals surface area contributed by atoms with Crippen molar-refractivity contribution < 1.29 is 57.6 Å². The number of amides is 5. The van der Waals surface area contributed by atoms with E-state index in [0.717, 1.165) is 5.69 Å². The Morgan fingerprint density at radius 1 is 0.812 bits per heavy atom. The molecule has 3 aromatic carbocycles. The number of ether oxygens (including phenoxy) is 5. The zero-order chi connectivity index (χ0) is 49.4. The predicted octanol–water partition coefficient (Wildman–Crippen LogP) is 3.44. The van der Waals surface area contributed by atoms with Gasteiger partial charge in [0.05, 0.1) is 75.4 Å². The van der Waals surface area contributed by atoms with E-state index in [0.29, 0.717) is 96.8 Å². The number of fused-ring (bicyclic) bond motifs is 3. The maximum atomic E-state index is 13.8. The highest BCUT2D eigenvalue weighted by molar-refractivity contribution is 6.27. The molecule has 1 atom stereocenters. The number of carbonyl (C=O) groups is 6. The highest BCUT2D eigenvalue weighted by Gasteiger charge is 2.50. The van der Waals surface area contributed by atoms with Crippen LogP contribution in [0.25, 0.3) is 22.5 Å². The van der Waals surface area contributed by atoms with Crippen LogP contribution < -0.4 is 36.7 Å². The molecule has 6 rings (SSSR count). The second-order valence-corrected chi connectivity index (χ2v) is 17.1. The lowest BCUT2D eigenvalue weighted by Crippen LogP contribution is -2.62. The topological polar surface area (TPSA) is 273 Å². The van der Waals surface area contributed by atoms with E-state index in [2.05, 4.69) is 42.2 Å². The van der Waals surface area contributed by atoms with E-state index < -0.39 is 28.9 Å². The molecule has 5 amide bonds. The molecule has 0 bridgehead atoms. The highest BCUT2D eigenvalue weighted by atomic mass is 16.5. The van der Waals surface area contributed by atoms with Gasteiger partial charge in [-0.1, -0.05) is 32.9 Å². The summed E-state index contributed by atoms with van der Waals surface area (Å²) in [5.41, 5.74) is 4.76. The Hall–Kier alpha value is -6.91. The molecule has 370 valence electrons. The van der Waals surface area contributed by atoms with E-state index in [9.17, 15) is 33.9 Å². The number of hydrogen-bond donors (Lipinski definition) is 8. The van der Waals surface area contributed by atoms with Crippen LogP contribution >= 0.6 is 0 Å². The van der Waals surface area contributed by atoms with Crippen molar-refractivity contribution in [3.05, 3.63) is 83.4 Å². The summed E-state index contributed by atoms with van der Waals surface area (Å²) < 4.78 is 27.5. The maximum absolute atomic E-state index is 13.8. The number of morpholine rings is 1. The Labute approximate surface area is 399 Å². The first kappa shape index (κ1) is 51.5. The molecule has 8 N–H and O–H groups in total. The molecule has 1 aliphatic heterocycles. The number of hydrogen-bond acceptors (Lipinski definition) is 14. The number of aromatic nitrogens is 2. The number of urea groups is 1. The summed E-state index contributed by atoms with van der Waals surface area (Å²) in [5.74, 6) is -2.30. The van der Waals surface area contributed by atoms with E-state index in [1.807, 2.05) is 0 Å². The summed E-state index contributed by atoms with van der Waals surface area (Å²) in [7, 11) is 1.75. The zero-order valence-electron chi connectivity index (χ0n) is 39.3. The van der Waals surface area contributed by atoms with Crippen LogP contribution in [0.15, 0.2) is 66.7 Å². The van der Waals surface area contributed by atoms with Gasteiger partial charge in [0, 0.05) is 62.0 Å². The molecular weight excluding hydrogens is 895 g/mol. The van der Waals surface area contributed by atoms with Crippen molar-refractivity contribution in [3.63, 3.8) is 0 Å². The van der Waals surface area contributed by atoms with Crippen molar-refractivity contribution >= 4 is 46.9 Å². The molecule has 1 aromatic heterocycles. The summed E-state index contributed by atoms with van der Waals surface area (Å²) in [6, 6.07) is 18.3. The van der Waals surface area contributed by atoms with Gasteiger partial charge in [0.15, 0.2) is 12.4 Å². The van der Waals surface area contributed by atoms with Crippen molar-refractivity contribution in [1.82, 2.24) is 36.6 Å². The highest BCUT2D eigenvalue weighted by Crippen LogP contribution is 2.43. The van der Waals surface area contributed by atoms with Gasteiger partial charge in [-0.2, -0.15) is 5.10 Å². The van der Waals surface area contributed by atoms with Crippen LogP contribution in [0.4, 0.5) is 16.2 Å². The van der Waals surface area contributed by atoms with Crippen molar-refractivity contribution in [2.24, 2.45) is 5.41 Å². The number of carbonyl (C=O) groups excluding carboxylic acids is 5. The number of hydrazine groups is 1. The molecule has 1 fully saturated rings. The number of rotatable bonds is 25. The van der Waals surface area contributed by atoms with Crippen molar-refractivity contribution in [2.75, 3.05) is 103 Å². The van der Waals surface area contributed by atoms with Crippen LogP contribution in [0.1, 0.15) is 59.9 Å². The molecule has 0 spiro atoms. The first-order chi connectivity index (χ1) is 33.2.